The van der Waals surface area contributed by atoms with Gasteiger partial charge in [0, 0.05) is 5.56 Å². The summed E-state index contributed by atoms with van der Waals surface area (Å²) in [5, 5.41) is 11.2. The first-order chi connectivity index (χ1) is 9.93. The maximum Gasteiger partial charge on any atom is 0.276 e. The first kappa shape index (κ1) is 15.5. The first-order valence-electron chi connectivity index (χ1n) is 5.93. The highest BCUT2D eigenvalue weighted by Crippen LogP contribution is 2.33. The topological polar surface area (TPSA) is 78.2 Å². The molecule has 8 heteroatoms. The Kier molecular flexibility index (Phi) is 4.59. The fourth-order valence-electron chi connectivity index (χ4n) is 1.81. The van der Waals surface area contributed by atoms with E-state index < -0.39 is 4.92 Å². The van der Waals surface area contributed by atoms with E-state index in [-0.39, 0.29) is 22.6 Å². The third kappa shape index (κ3) is 3.22. The smallest absolute Gasteiger partial charge is 0.276 e. The van der Waals surface area contributed by atoms with E-state index >= 15 is 0 Å². The van der Waals surface area contributed by atoms with Crippen LogP contribution in [-0.4, -0.2) is 14.9 Å². The summed E-state index contributed by atoms with van der Waals surface area (Å²) in [5.74, 6) is 0.585. The molecular formula is C13H11Cl2N3O3. The van der Waals surface area contributed by atoms with Gasteiger partial charge in [-0.15, -0.1) is 11.6 Å². The molecule has 0 aliphatic carbocycles. The number of nitro benzene ring substituents is 1. The molecule has 2 aromatic rings. The minimum Gasteiger partial charge on any atom is -0.438 e. The number of aromatic nitrogens is 2. The van der Waals surface area contributed by atoms with E-state index in [9.17, 15) is 10.1 Å². The molecule has 0 bridgehead atoms. The van der Waals surface area contributed by atoms with E-state index in [1.807, 2.05) is 0 Å². The Bertz CT molecular complexity index is 707. The number of nitro groups is 1. The predicted octanol–water partition coefficient (Wildman–Crippen LogP) is 4.19. The predicted molar refractivity (Wildman–Crippen MR) is 79.2 cm³/mol. The molecular weight excluding hydrogens is 317 g/mol. The fraction of sp³-hybridized carbons (Fsp3) is 0.231. The summed E-state index contributed by atoms with van der Waals surface area (Å²) < 4.78 is 5.63. The van der Waals surface area contributed by atoms with Crippen LogP contribution in [0.2, 0.25) is 5.15 Å². The Hall–Kier alpha value is -1.92. The van der Waals surface area contributed by atoms with Crippen LogP contribution in [-0.2, 0) is 5.88 Å². The van der Waals surface area contributed by atoms with Gasteiger partial charge in [-0.3, -0.25) is 10.1 Å². The van der Waals surface area contributed by atoms with Gasteiger partial charge in [-0.25, -0.2) is 9.97 Å². The van der Waals surface area contributed by atoms with Crippen molar-refractivity contribution in [1.29, 1.82) is 0 Å². The maximum absolute atomic E-state index is 11.0. The molecule has 110 valence electrons. The van der Waals surface area contributed by atoms with Crippen molar-refractivity contribution in [3.8, 4) is 11.6 Å². The van der Waals surface area contributed by atoms with Gasteiger partial charge >= 0.3 is 0 Å². The van der Waals surface area contributed by atoms with Gasteiger partial charge < -0.3 is 4.74 Å². The number of rotatable bonds is 4. The van der Waals surface area contributed by atoms with Gasteiger partial charge in [-0.2, -0.15) is 0 Å². The van der Waals surface area contributed by atoms with Gasteiger partial charge in [-0.1, -0.05) is 11.6 Å². The summed E-state index contributed by atoms with van der Waals surface area (Å²) in [4.78, 5) is 18.3. The van der Waals surface area contributed by atoms with Crippen LogP contribution in [0.5, 0.6) is 11.6 Å². The molecule has 1 aromatic carbocycles. The third-order valence-electron chi connectivity index (χ3n) is 2.88. The highest BCUT2D eigenvalue weighted by molar-refractivity contribution is 6.31. The highest BCUT2D eigenvalue weighted by Gasteiger charge is 2.17. The summed E-state index contributed by atoms with van der Waals surface area (Å²) in [6, 6.07) is 3.04. The second kappa shape index (κ2) is 6.24. The van der Waals surface area contributed by atoms with Crippen LogP contribution in [0.1, 0.15) is 16.7 Å². The molecule has 0 amide bonds. The number of hydrogen-bond acceptors (Lipinski definition) is 5. The van der Waals surface area contributed by atoms with Gasteiger partial charge in [0.1, 0.15) is 17.2 Å². The molecule has 0 N–H and O–H groups in total. The van der Waals surface area contributed by atoms with Gasteiger partial charge in [-0.05, 0) is 25.5 Å². The zero-order chi connectivity index (χ0) is 15.6. The van der Waals surface area contributed by atoms with Crippen molar-refractivity contribution in [2.24, 2.45) is 0 Å². The molecule has 0 saturated carbocycles. The van der Waals surface area contributed by atoms with Gasteiger partial charge in [0.2, 0.25) is 5.88 Å². The van der Waals surface area contributed by atoms with Crippen molar-refractivity contribution in [3.05, 3.63) is 50.4 Å². The lowest BCUT2D eigenvalue weighted by Gasteiger charge is -2.11. The summed E-state index contributed by atoms with van der Waals surface area (Å²) in [5.41, 5.74) is 1.71. The molecule has 2 rings (SSSR count). The summed E-state index contributed by atoms with van der Waals surface area (Å²) in [7, 11) is 0. The second-order valence-electron chi connectivity index (χ2n) is 4.35. The molecule has 0 spiro atoms. The number of nitrogens with zero attached hydrogens (tertiary/aromatic N) is 3. The van der Waals surface area contributed by atoms with Crippen molar-refractivity contribution in [3.63, 3.8) is 0 Å². The van der Waals surface area contributed by atoms with E-state index in [0.717, 1.165) is 5.56 Å². The number of halogens is 2. The summed E-state index contributed by atoms with van der Waals surface area (Å²) in [6.07, 6.45) is 1.24. The SMILES string of the molecule is Cc1cc(C)c([N+](=O)[O-])cc1Oc1ncnc(Cl)c1CCl. The van der Waals surface area contributed by atoms with Crippen molar-refractivity contribution >= 4 is 28.9 Å². The van der Waals surface area contributed by atoms with Crippen molar-refractivity contribution < 1.29 is 9.66 Å². The lowest BCUT2D eigenvalue weighted by Crippen LogP contribution is -1.99. The molecule has 0 fully saturated rings. The lowest BCUT2D eigenvalue weighted by molar-refractivity contribution is -0.385. The Morgan fingerprint density at radius 1 is 1.29 bits per heavy atom. The molecule has 0 atom stereocenters. The average molecular weight is 328 g/mol. The zero-order valence-corrected chi connectivity index (χ0v) is 12.8. The average Bonchev–Trinajstić information content (AvgIpc) is 2.41. The third-order valence-corrected chi connectivity index (χ3v) is 3.48. The molecule has 0 unspecified atom stereocenters. The summed E-state index contributed by atoms with van der Waals surface area (Å²) in [6.45, 7) is 3.45. The van der Waals surface area contributed by atoms with Crippen LogP contribution < -0.4 is 4.74 Å². The fourth-order valence-corrected chi connectivity index (χ4v) is 2.31. The molecule has 1 aromatic heterocycles. The molecule has 6 nitrogen and oxygen atoms in total. The highest BCUT2D eigenvalue weighted by atomic mass is 35.5. The molecule has 0 aliphatic rings. The summed E-state index contributed by atoms with van der Waals surface area (Å²) >= 11 is 11.7. The minimum absolute atomic E-state index is 0.0248. The van der Waals surface area contributed by atoms with E-state index in [4.69, 9.17) is 27.9 Å². The number of aryl methyl sites for hydroxylation is 2. The largest absolute Gasteiger partial charge is 0.438 e. The van der Waals surface area contributed by atoms with Crippen LogP contribution in [0.3, 0.4) is 0 Å². The Balaban J connectivity index is 2.47. The van der Waals surface area contributed by atoms with Crippen LogP contribution in [0, 0.1) is 24.0 Å². The van der Waals surface area contributed by atoms with Crippen molar-refractivity contribution in [2.75, 3.05) is 0 Å². The van der Waals surface area contributed by atoms with Gasteiger partial charge in [0.05, 0.1) is 22.4 Å². The Morgan fingerprint density at radius 3 is 2.62 bits per heavy atom. The molecule has 0 aliphatic heterocycles. The quantitative estimate of drug-likeness (QED) is 0.364. The number of ether oxygens (including phenoxy) is 1. The van der Waals surface area contributed by atoms with Crippen LogP contribution in [0.4, 0.5) is 5.69 Å². The normalized spacial score (nSPS) is 10.5. The van der Waals surface area contributed by atoms with Crippen LogP contribution >= 0.6 is 23.2 Å². The van der Waals surface area contributed by atoms with Crippen LogP contribution in [0.15, 0.2) is 18.5 Å². The number of alkyl halides is 1. The zero-order valence-electron chi connectivity index (χ0n) is 11.3. The molecule has 1 heterocycles. The van der Waals surface area contributed by atoms with Crippen molar-refractivity contribution in [1.82, 2.24) is 9.97 Å². The number of hydrogen-bond donors (Lipinski definition) is 0. The second-order valence-corrected chi connectivity index (χ2v) is 4.97. The minimum atomic E-state index is -0.461. The Morgan fingerprint density at radius 2 is 2.00 bits per heavy atom. The molecule has 0 saturated heterocycles. The van der Waals surface area contributed by atoms with Gasteiger partial charge in [0.15, 0.2) is 0 Å². The van der Waals surface area contributed by atoms with Crippen molar-refractivity contribution in [2.45, 2.75) is 19.7 Å². The van der Waals surface area contributed by atoms with E-state index in [1.165, 1.54) is 12.4 Å². The molecule has 21 heavy (non-hydrogen) atoms. The Labute approximate surface area is 130 Å². The maximum atomic E-state index is 11.0. The molecule has 0 radical (unpaired) electrons. The standard InChI is InChI=1S/C13H11Cl2N3O3/c1-7-3-8(2)11(4-10(7)18(19)20)21-13-9(5-14)12(15)16-6-17-13/h3-4,6H,5H2,1-2H3. The van der Waals surface area contributed by atoms with E-state index in [2.05, 4.69) is 9.97 Å². The number of benzene rings is 1. The van der Waals surface area contributed by atoms with Crippen LogP contribution in [0.25, 0.3) is 0 Å². The lowest BCUT2D eigenvalue weighted by atomic mass is 10.1. The van der Waals surface area contributed by atoms with E-state index in [1.54, 1.807) is 19.9 Å². The van der Waals surface area contributed by atoms with E-state index in [0.29, 0.717) is 16.9 Å². The first-order valence-corrected chi connectivity index (χ1v) is 6.84. The van der Waals surface area contributed by atoms with Gasteiger partial charge in [0.25, 0.3) is 5.69 Å². The monoisotopic (exact) mass is 327 g/mol.